The van der Waals surface area contributed by atoms with Crippen molar-refractivity contribution in [2.75, 3.05) is 5.73 Å². The van der Waals surface area contributed by atoms with E-state index < -0.39 is 15.3 Å². The van der Waals surface area contributed by atoms with E-state index in [4.69, 9.17) is 22.5 Å². The fourth-order valence-electron chi connectivity index (χ4n) is 0.883. The van der Waals surface area contributed by atoms with Crippen LogP contribution in [0.15, 0.2) is 23.1 Å². The molecule has 0 unspecified atom stereocenters. The zero-order valence-corrected chi connectivity index (χ0v) is 8.47. The number of primary sulfonamides is 1. The molecule has 0 radical (unpaired) electrons. The van der Waals surface area contributed by atoms with Crippen LogP contribution in [0.1, 0.15) is 10.4 Å². The van der Waals surface area contributed by atoms with Crippen LogP contribution in [0.25, 0.3) is 0 Å². The molecule has 1 aromatic carbocycles. The number of halogens is 1. The number of carbonyl (C=O) groups excluding carboxylic acids is 1. The van der Waals surface area contributed by atoms with E-state index in [1.807, 2.05) is 0 Å². The Labute approximate surface area is 85.7 Å². The van der Waals surface area contributed by atoms with E-state index in [9.17, 15) is 13.2 Å². The van der Waals surface area contributed by atoms with Gasteiger partial charge in [-0.1, -0.05) is 0 Å². The number of benzene rings is 1. The van der Waals surface area contributed by atoms with E-state index >= 15 is 0 Å². The molecule has 0 saturated heterocycles. The molecule has 5 nitrogen and oxygen atoms in total. The predicted molar refractivity (Wildman–Crippen MR) is 52.4 cm³/mol. The Balaban J connectivity index is 3.42. The van der Waals surface area contributed by atoms with Crippen LogP contribution in [0.2, 0.25) is 0 Å². The van der Waals surface area contributed by atoms with Crippen molar-refractivity contribution in [3.05, 3.63) is 23.8 Å². The van der Waals surface area contributed by atoms with Gasteiger partial charge in [-0.25, -0.2) is 13.6 Å². The lowest BCUT2D eigenvalue weighted by molar-refractivity contribution is 0.108. The van der Waals surface area contributed by atoms with Crippen molar-refractivity contribution in [3.63, 3.8) is 0 Å². The molecule has 0 amide bonds. The summed E-state index contributed by atoms with van der Waals surface area (Å²) in [5, 5.41) is 4.03. The number of hydrogen-bond acceptors (Lipinski definition) is 4. The van der Waals surface area contributed by atoms with E-state index in [0.717, 1.165) is 6.07 Å². The molecule has 1 aromatic rings. The molecule has 0 spiro atoms. The molecular weight excluding hydrogens is 228 g/mol. The van der Waals surface area contributed by atoms with Crippen LogP contribution < -0.4 is 10.9 Å². The number of nitrogen functional groups attached to an aromatic ring is 1. The molecule has 0 heterocycles. The second-order valence-electron chi connectivity index (χ2n) is 2.57. The fourth-order valence-corrected chi connectivity index (χ4v) is 1.59. The van der Waals surface area contributed by atoms with Gasteiger partial charge in [0.15, 0.2) is 0 Å². The lowest BCUT2D eigenvalue weighted by Gasteiger charge is -2.02. The summed E-state index contributed by atoms with van der Waals surface area (Å²) in [6.45, 7) is 0. The Kier molecular flexibility index (Phi) is 2.79. The van der Waals surface area contributed by atoms with E-state index in [-0.39, 0.29) is 16.1 Å². The van der Waals surface area contributed by atoms with Gasteiger partial charge in [0.1, 0.15) is 0 Å². The first kappa shape index (κ1) is 11.0. The summed E-state index contributed by atoms with van der Waals surface area (Å²) in [5.74, 6) is 0. The number of carbonyl (C=O) groups is 1. The Morgan fingerprint density at radius 1 is 1.36 bits per heavy atom. The van der Waals surface area contributed by atoms with Gasteiger partial charge in [0.05, 0.1) is 10.5 Å². The summed E-state index contributed by atoms with van der Waals surface area (Å²) in [5.41, 5.74) is 5.43. The summed E-state index contributed by atoms with van der Waals surface area (Å²) >= 11 is 5.18. The lowest BCUT2D eigenvalue weighted by Crippen LogP contribution is -2.13. The van der Waals surface area contributed by atoms with Crippen molar-refractivity contribution < 1.29 is 13.2 Å². The number of rotatable bonds is 2. The van der Waals surface area contributed by atoms with Crippen LogP contribution >= 0.6 is 11.6 Å². The molecule has 14 heavy (non-hydrogen) atoms. The van der Waals surface area contributed by atoms with Crippen LogP contribution in [0.5, 0.6) is 0 Å². The summed E-state index contributed by atoms with van der Waals surface area (Å²) in [4.78, 5) is 10.6. The first-order valence-electron chi connectivity index (χ1n) is 3.44. The molecule has 0 bridgehead atoms. The average molecular weight is 235 g/mol. The first-order chi connectivity index (χ1) is 6.32. The van der Waals surface area contributed by atoms with E-state index in [1.54, 1.807) is 0 Å². The summed E-state index contributed by atoms with van der Waals surface area (Å²) in [6, 6.07) is 3.50. The minimum Gasteiger partial charge on any atom is -0.398 e. The smallest absolute Gasteiger partial charge is 0.254 e. The molecule has 0 aliphatic heterocycles. The van der Waals surface area contributed by atoms with E-state index in [0.29, 0.717) is 0 Å². The highest BCUT2D eigenvalue weighted by Crippen LogP contribution is 2.18. The molecular formula is C7H7ClN2O3S. The van der Waals surface area contributed by atoms with Crippen molar-refractivity contribution in [1.29, 1.82) is 0 Å². The standard InChI is InChI=1S/C7H7ClN2O3S/c8-7(11)5-3-4(14(10,12)13)1-2-6(5)9/h1-3H,9H2,(H2,10,12,13). The second kappa shape index (κ2) is 3.56. The number of nitrogens with two attached hydrogens (primary N) is 2. The van der Waals surface area contributed by atoms with Crippen LogP contribution in [0.4, 0.5) is 5.69 Å². The van der Waals surface area contributed by atoms with Crippen molar-refractivity contribution in [3.8, 4) is 0 Å². The molecule has 0 fully saturated rings. The zero-order chi connectivity index (χ0) is 10.9. The monoisotopic (exact) mass is 234 g/mol. The molecule has 0 aliphatic carbocycles. The third-order valence-corrected chi connectivity index (χ3v) is 2.68. The Morgan fingerprint density at radius 3 is 2.36 bits per heavy atom. The van der Waals surface area contributed by atoms with Gasteiger partial charge in [-0.15, -0.1) is 0 Å². The van der Waals surface area contributed by atoms with Crippen molar-refractivity contribution in [2.24, 2.45) is 5.14 Å². The highest BCUT2D eigenvalue weighted by atomic mass is 35.5. The molecule has 76 valence electrons. The van der Waals surface area contributed by atoms with E-state index in [2.05, 4.69) is 0 Å². The lowest BCUT2D eigenvalue weighted by atomic mass is 10.2. The maximum atomic E-state index is 10.9. The minimum atomic E-state index is -3.84. The molecule has 0 atom stereocenters. The van der Waals surface area contributed by atoms with Gasteiger partial charge in [0.2, 0.25) is 10.0 Å². The molecule has 0 aliphatic rings. The molecule has 1 rings (SSSR count). The minimum absolute atomic E-state index is 0.0711. The molecule has 0 aromatic heterocycles. The Bertz CT molecular complexity index is 484. The van der Waals surface area contributed by atoms with Gasteiger partial charge < -0.3 is 5.73 Å². The maximum Gasteiger partial charge on any atom is 0.254 e. The Hall–Kier alpha value is -1.11. The molecule has 7 heteroatoms. The van der Waals surface area contributed by atoms with Gasteiger partial charge in [-0.05, 0) is 29.8 Å². The highest BCUT2D eigenvalue weighted by Gasteiger charge is 2.13. The predicted octanol–water partition coefficient (Wildman–Crippen LogP) is 0.295. The molecule has 4 N–H and O–H groups in total. The third-order valence-electron chi connectivity index (χ3n) is 1.57. The maximum absolute atomic E-state index is 10.9. The van der Waals surface area contributed by atoms with Crippen LogP contribution in [0.3, 0.4) is 0 Å². The number of anilines is 1. The topological polar surface area (TPSA) is 103 Å². The zero-order valence-electron chi connectivity index (χ0n) is 6.90. The SMILES string of the molecule is Nc1ccc(S(N)(=O)=O)cc1C(=O)Cl. The molecule has 0 saturated carbocycles. The fraction of sp³-hybridized carbons (Fsp3) is 0. The van der Waals surface area contributed by atoms with Crippen LogP contribution in [-0.4, -0.2) is 13.7 Å². The number of hydrogen-bond donors (Lipinski definition) is 2. The van der Waals surface area contributed by atoms with Gasteiger partial charge in [0, 0.05) is 5.69 Å². The third kappa shape index (κ3) is 2.22. The second-order valence-corrected chi connectivity index (χ2v) is 4.47. The number of sulfonamides is 1. The van der Waals surface area contributed by atoms with Gasteiger partial charge in [-0.2, -0.15) is 0 Å². The quantitative estimate of drug-likeness (QED) is 0.567. The van der Waals surface area contributed by atoms with Gasteiger partial charge >= 0.3 is 0 Å². The highest BCUT2D eigenvalue weighted by molar-refractivity contribution is 7.89. The summed E-state index contributed by atoms with van der Waals surface area (Å²) < 4.78 is 21.8. The van der Waals surface area contributed by atoms with Gasteiger partial charge in [0.25, 0.3) is 5.24 Å². The van der Waals surface area contributed by atoms with Crippen molar-refractivity contribution >= 4 is 32.6 Å². The largest absolute Gasteiger partial charge is 0.398 e. The van der Waals surface area contributed by atoms with Crippen molar-refractivity contribution in [1.82, 2.24) is 0 Å². The summed E-state index contributed by atoms with van der Waals surface area (Å²) in [6.07, 6.45) is 0. The normalized spacial score (nSPS) is 11.3. The van der Waals surface area contributed by atoms with E-state index in [1.165, 1.54) is 12.1 Å². The van der Waals surface area contributed by atoms with Crippen LogP contribution in [0, 0.1) is 0 Å². The van der Waals surface area contributed by atoms with Crippen LogP contribution in [-0.2, 0) is 10.0 Å². The average Bonchev–Trinajstić information content (AvgIpc) is 2.02. The summed E-state index contributed by atoms with van der Waals surface area (Å²) in [7, 11) is -3.84. The van der Waals surface area contributed by atoms with Gasteiger partial charge in [-0.3, -0.25) is 4.79 Å². The first-order valence-corrected chi connectivity index (χ1v) is 5.37. The Morgan fingerprint density at radius 2 is 1.93 bits per heavy atom. The van der Waals surface area contributed by atoms with Crippen molar-refractivity contribution in [2.45, 2.75) is 4.90 Å².